The quantitative estimate of drug-likeness (QED) is 0.773. The normalized spacial score (nSPS) is 10.4. The van der Waals surface area contributed by atoms with E-state index in [1.54, 1.807) is 56.7 Å². The second kappa shape index (κ2) is 6.41. The Bertz CT molecular complexity index is 889. The summed E-state index contributed by atoms with van der Waals surface area (Å²) in [6, 6.07) is 12.1. The maximum atomic E-state index is 11.5. The summed E-state index contributed by atoms with van der Waals surface area (Å²) in [5.74, 6) is 1.18. The number of hydrogen-bond donors (Lipinski definition) is 1. The van der Waals surface area contributed by atoms with Crippen LogP contribution in [-0.2, 0) is 0 Å². The molecule has 24 heavy (non-hydrogen) atoms. The first-order valence-corrected chi connectivity index (χ1v) is 7.09. The average Bonchev–Trinajstić information content (AvgIpc) is 3.11. The highest BCUT2D eigenvalue weighted by atomic mass is 16.5. The summed E-state index contributed by atoms with van der Waals surface area (Å²) in [4.78, 5) is 15.9. The Labute approximate surface area is 138 Å². The van der Waals surface area contributed by atoms with E-state index in [0.717, 1.165) is 0 Å². The number of carbonyl (C=O) groups excluding carboxylic acids is 1. The van der Waals surface area contributed by atoms with Gasteiger partial charge in [-0.1, -0.05) is 17.3 Å². The molecule has 7 nitrogen and oxygen atoms in total. The Morgan fingerprint density at radius 1 is 1.08 bits per heavy atom. The number of primary amides is 1. The molecule has 122 valence electrons. The van der Waals surface area contributed by atoms with Gasteiger partial charge in [0.2, 0.25) is 11.7 Å². The third-order valence-electron chi connectivity index (χ3n) is 3.49. The van der Waals surface area contributed by atoms with Crippen molar-refractivity contribution in [1.29, 1.82) is 0 Å². The van der Waals surface area contributed by atoms with E-state index in [2.05, 4.69) is 10.1 Å². The maximum absolute atomic E-state index is 11.5. The number of ether oxygens (including phenoxy) is 2. The van der Waals surface area contributed by atoms with Crippen LogP contribution in [0.3, 0.4) is 0 Å². The second-order valence-electron chi connectivity index (χ2n) is 4.90. The standard InChI is InChI=1S/C17H15N3O4/c1-22-13-8-7-10(9-14(13)23-2)16-19-17(24-20-16)12-6-4-3-5-11(12)15(18)21/h3-9H,1-2H3,(H2,18,21). The molecule has 0 aliphatic carbocycles. The van der Waals surface area contributed by atoms with Crippen molar-refractivity contribution in [2.45, 2.75) is 0 Å². The van der Waals surface area contributed by atoms with Crippen molar-refractivity contribution in [3.63, 3.8) is 0 Å². The lowest BCUT2D eigenvalue weighted by molar-refractivity contribution is 0.100. The SMILES string of the molecule is COc1ccc(-c2noc(-c3ccccc3C(N)=O)n2)cc1OC. The summed E-state index contributed by atoms with van der Waals surface area (Å²) in [7, 11) is 3.11. The Balaban J connectivity index is 2.02. The molecule has 7 heteroatoms. The van der Waals surface area contributed by atoms with Gasteiger partial charge in [0, 0.05) is 5.56 Å². The molecule has 2 aromatic carbocycles. The van der Waals surface area contributed by atoms with Gasteiger partial charge in [-0.15, -0.1) is 0 Å². The van der Waals surface area contributed by atoms with Gasteiger partial charge in [-0.2, -0.15) is 4.98 Å². The van der Waals surface area contributed by atoms with Crippen LogP contribution in [0.25, 0.3) is 22.8 Å². The van der Waals surface area contributed by atoms with Crippen LogP contribution in [0, 0.1) is 0 Å². The largest absolute Gasteiger partial charge is 0.493 e. The zero-order valence-corrected chi connectivity index (χ0v) is 13.1. The van der Waals surface area contributed by atoms with Gasteiger partial charge in [-0.25, -0.2) is 0 Å². The lowest BCUT2D eigenvalue weighted by Crippen LogP contribution is -2.12. The van der Waals surface area contributed by atoms with Crippen molar-refractivity contribution >= 4 is 5.91 Å². The van der Waals surface area contributed by atoms with E-state index in [1.807, 2.05) is 0 Å². The van der Waals surface area contributed by atoms with Crippen LogP contribution in [0.2, 0.25) is 0 Å². The van der Waals surface area contributed by atoms with Crippen LogP contribution >= 0.6 is 0 Å². The van der Waals surface area contributed by atoms with Crippen molar-refractivity contribution in [3.8, 4) is 34.3 Å². The Morgan fingerprint density at radius 3 is 2.54 bits per heavy atom. The van der Waals surface area contributed by atoms with E-state index in [9.17, 15) is 4.79 Å². The van der Waals surface area contributed by atoms with Gasteiger partial charge in [-0.05, 0) is 30.3 Å². The number of hydrogen-bond acceptors (Lipinski definition) is 6. The molecule has 0 aliphatic rings. The molecule has 1 heterocycles. The van der Waals surface area contributed by atoms with Gasteiger partial charge in [0.25, 0.3) is 5.89 Å². The number of nitrogens with zero attached hydrogens (tertiary/aromatic N) is 2. The van der Waals surface area contributed by atoms with Gasteiger partial charge in [-0.3, -0.25) is 4.79 Å². The summed E-state index contributed by atoms with van der Waals surface area (Å²) >= 11 is 0. The van der Waals surface area contributed by atoms with E-state index in [1.165, 1.54) is 0 Å². The van der Waals surface area contributed by atoms with Gasteiger partial charge < -0.3 is 19.7 Å². The highest BCUT2D eigenvalue weighted by Crippen LogP contribution is 2.32. The number of rotatable bonds is 5. The molecule has 0 aliphatic heterocycles. The zero-order valence-electron chi connectivity index (χ0n) is 13.1. The van der Waals surface area contributed by atoms with E-state index in [-0.39, 0.29) is 5.89 Å². The van der Waals surface area contributed by atoms with E-state index in [4.69, 9.17) is 19.7 Å². The number of benzene rings is 2. The highest BCUT2D eigenvalue weighted by molar-refractivity contribution is 5.98. The lowest BCUT2D eigenvalue weighted by atomic mass is 10.1. The van der Waals surface area contributed by atoms with E-state index >= 15 is 0 Å². The molecular formula is C17H15N3O4. The number of aromatic nitrogens is 2. The molecule has 1 amide bonds. The molecule has 0 radical (unpaired) electrons. The number of nitrogens with two attached hydrogens (primary N) is 1. The summed E-state index contributed by atoms with van der Waals surface area (Å²) in [6.45, 7) is 0. The topological polar surface area (TPSA) is 100 Å². The minimum absolute atomic E-state index is 0.217. The summed E-state index contributed by atoms with van der Waals surface area (Å²) in [5.41, 5.74) is 6.88. The minimum atomic E-state index is -0.559. The zero-order chi connectivity index (χ0) is 17.1. The smallest absolute Gasteiger partial charge is 0.259 e. The fourth-order valence-corrected chi connectivity index (χ4v) is 2.31. The number of carbonyl (C=O) groups is 1. The number of methoxy groups -OCH3 is 2. The van der Waals surface area contributed by atoms with Crippen LogP contribution in [0.5, 0.6) is 11.5 Å². The Hall–Kier alpha value is -3.35. The molecule has 0 bridgehead atoms. The van der Waals surface area contributed by atoms with Gasteiger partial charge in [0.15, 0.2) is 11.5 Å². The fourth-order valence-electron chi connectivity index (χ4n) is 2.31. The molecule has 3 aromatic rings. The van der Waals surface area contributed by atoms with Crippen LogP contribution in [-0.4, -0.2) is 30.3 Å². The van der Waals surface area contributed by atoms with Crippen molar-refractivity contribution in [3.05, 3.63) is 48.0 Å². The Morgan fingerprint density at radius 2 is 1.83 bits per heavy atom. The van der Waals surface area contributed by atoms with Crippen LogP contribution in [0.1, 0.15) is 10.4 Å². The first-order chi connectivity index (χ1) is 11.6. The van der Waals surface area contributed by atoms with Crippen molar-refractivity contribution in [2.75, 3.05) is 14.2 Å². The fraction of sp³-hybridized carbons (Fsp3) is 0.118. The van der Waals surface area contributed by atoms with Gasteiger partial charge >= 0.3 is 0 Å². The van der Waals surface area contributed by atoms with Crippen molar-refractivity contribution in [2.24, 2.45) is 5.73 Å². The predicted molar refractivity (Wildman–Crippen MR) is 86.8 cm³/mol. The van der Waals surface area contributed by atoms with Crippen LogP contribution < -0.4 is 15.2 Å². The molecule has 0 saturated carbocycles. The van der Waals surface area contributed by atoms with E-state index in [0.29, 0.717) is 34.0 Å². The van der Waals surface area contributed by atoms with Gasteiger partial charge in [0.05, 0.1) is 25.3 Å². The molecule has 0 spiro atoms. The average molecular weight is 325 g/mol. The van der Waals surface area contributed by atoms with Crippen LogP contribution in [0.4, 0.5) is 0 Å². The minimum Gasteiger partial charge on any atom is -0.493 e. The Kier molecular flexibility index (Phi) is 4.15. The van der Waals surface area contributed by atoms with Gasteiger partial charge in [0.1, 0.15) is 0 Å². The molecular weight excluding hydrogens is 310 g/mol. The molecule has 1 aromatic heterocycles. The first kappa shape index (κ1) is 15.5. The summed E-state index contributed by atoms with van der Waals surface area (Å²) < 4.78 is 15.8. The van der Waals surface area contributed by atoms with E-state index < -0.39 is 5.91 Å². The molecule has 3 rings (SSSR count). The molecule has 0 saturated heterocycles. The molecule has 0 fully saturated rings. The van der Waals surface area contributed by atoms with Crippen molar-refractivity contribution in [1.82, 2.24) is 10.1 Å². The summed E-state index contributed by atoms with van der Waals surface area (Å²) in [5, 5.41) is 3.96. The molecule has 2 N–H and O–H groups in total. The van der Waals surface area contributed by atoms with Crippen LogP contribution in [0.15, 0.2) is 47.0 Å². The second-order valence-corrected chi connectivity index (χ2v) is 4.90. The third-order valence-corrected chi connectivity index (χ3v) is 3.49. The monoisotopic (exact) mass is 325 g/mol. The first-order valence-electron chi connectivity index (χ1n) is 7.09. The molecule has 0 atom stereocenters. The number of amides is 1. The lowest BCUT2D eigenvalue weighted by Gasteiger charge is -2.07. The molecule has 0 unspecified atom stereocenters. The maximum Gasteiger partial charge on any atom is 0.259 e. The van der Waals surface area contributed by atoms with Crippen molar-refractivity contribution < 1.29 is 18.8 Å². The third kappa shape index (κ3) is 2.79. The highest BCUT2D eigenvalue weighted by Gasteiger charge is 2.17. The predicted octanol–water partition coefficient (Wildman–Crippen LogP) is 2.52. The summed E-state index contributed by atoms with van der Waals surface area (Å²) in [6.07, 6.45) is 0.